The van der Waals surface area contributed by atoms with E-state index in [9.17, 15) is 0 Å². The molecule has 1 unspecified atom stereocenters. The first-order valence-electron chi connectivity index (χ1n) is 6.37. The first-order valence-corrected chi connectivity index (χ1v) is 7.79. The zero-order valence-electron chi connectivity index (χ0n) is 9.49. The van der Waals surface area contributed by atoms with Gasteiger partial charge in [0.25, 0.3) is 0 Å². The Morgan fingerprint density at radius 1 is 1.19 bits per heavy atom. The van der Waals surface area contributed by atoms with E-state index in [4.69, 9.17) is 16.9 Å². The molecular weight excluding hydrogens is 238 g/mol. The van der Waals surface area contributed by atoms with Gasteiger partial charge in [0, 0.05) is 10.5 Å². The van der Waals surface area contributed by atoms with Crippen LogP contribution in [0, 0.1) is 29.1 Å². The van der Waals surface area contributed by atoms with Gasteiger partial charge in [0.05, 0.1) is 6.07 Å². The highest BCUT2D eigenvalue weighted by Gasteiger charge is 2.51. The Morgan fingerprint density at radius 3 is 2.12 bits per heavy atom. The second-order valence-corrected chi connectivity index (χ2v) is 8.02. The third-order valence-corrected chi connectivity index (χ3v) is 6.71. The van der Waals surface area contributed by atoms with Crippen molar-refractivity contribution in [1.82, 2.24) is 0 Å². The number of halogens is 1. The zero-order chi connectivity index (χ0) is 11.2. The molecule has 0 amide bonds. The Balaban J connectivity index is 1.67. The summed E-state index contributed by atoms with van der Waals surface area (Å²) in [6.07, 6.45) is 8.67. The maximum absolute atomic E-state index is 8.75. The lowest BCUT2D eigenvalue weighted by Crippen LogP contribution is -2.48. The molecule has 16 heavy (non-hydrogen) atoms. The number of hydrogen-bond acceptors (Lipinski definition) is 2. The Bertz CT molecular complexity index is 287. The molecule has 1 atom stereocenters. The molecule has 4 rings (SSSR count). The molecular formula is C13H18ClNS. The number of nitriles is 1. The second kappa shape index (κ2) is 4.10. The predicted molar refractivity (Wildman–Crippen MR) is 68.6 cm³/mol. The smallest absolute Gasteiger partial charge is 0.129 e. The summed E-state index contributed by atoms with van der Waals surface area (Å²) in [4.78, 5) is 0. The van der Waals surface area contributed by atoms with E-state index in [1.807, 2.05) is 11.8 Å². The molecule has 4 saturated carbocycles. The molecule has 4 aliphatic carbocycles. The molecule has 0 aliphatic heterocycles. The van der Waals surface area contributed by atoms with Crippen molar-refractivity contribution in [2.45, 2.75) is 48.6 Å². The minimum atomic E-state index is -0.294. The first-order chi connectivity index (χ1) is 7.69. The van der Waals surface area contributed by atoms with Crippen LogP contribution in [0.15, 0.2) is 0 Å². The van der Waals surface area contributed by atoms with Crippen LogP contribution in [0.2, 0.25) is 0 Å². The normalized spacial score (nSPS) is 46.6. The highest BCUT2D eigenvalue weighted by atomic mass is 35.5. The van der Waals surface area contributed by atoms with Crippen LogP contribution < -0.4 is 0 Å². The van der Waals surface area contributed by atoms with Crippen LogP contribution in [0.25, 0.3) is 0 Å². The van der Waals surface area contributed by atoms with Crippen LogP contribution >= 0.6 is 23.4 Å². The lowest BCUT2D eigenvalue weighted by molar-refractivity contribution is 0.0384. The van der Waals surface area contributed by atoms with E-state index in [2.05, 4.69) is 6.07 Å². The molecule has 0 spiro atoms. The van der Waals surface area contributed by atoms with Crippen LogP contribution in [0.5, 0.6) is 0 Å². The number of alkyl halides is 1. The lowest BCUT2D eigenvalue weighted by Gasteiger charge is -2.56. The lowest BCUT2D eigenvalue weighted by atomic mass is 9.56. The Labute approximate surface area is 107 Å². The second-order valence-electron chi connectivity index (χ2n) is 6.01. The van der Waals surface area contributed by atoms with Crippen LogP contribution in [0.4, 0.5) is 0 Å². The van der Waals surface area contributed by atoms with Gasteiger partial charge in [-0.2, -0.15) is 17.0 Å². The molecule has 0 aromatic rings. The van der Waals surface area contributed by atoms with E-state index in [0.29, 0.717) is 4.75 Å². The largest absolute Gasteiger partial charge is 0.197 e. The van der Waals surface area contributed by atoms with Crippen molar-refractivity contribution in [3.63, 3.8) is 0 Å². The highest BCUT2D eigenvalue weighted by Crippen LogP contribution is 2.60. The van der Waals surface area contributed by atoms with Gasteiger partial charge in [0.1, 0.15) is 5.38 Å². The molecule has 0 N–H and O–H groups in total. The molecule has 0 heterocycles. The summed E-state index contributed by atoms with van der Waals surface area (Å²) in [6, 6.07) is 2.14. The predicted octanol–water partition coefficient (Wildman–Crippen LogP) is 3.82. The van der Waals surface area contributed by atoms with Crippen molar-refractivity contribution in [3.8, 4) is 6.07 Å². The van der Waals surface area contributed by atoms with Crippen LogP contribution in [-0.2, 0) is 0 Å². The Hall–Kier alpha value is 0.130. The minimum absolute atomic E-state index is 0.294. The molecule has 0 aromatic carbocycles. The number of hydrogen-bond donors (Lipinski definition) is 0. The molecule has 0 aromatic heterocycles. The van der Waals surface area contributed by atoms with Gasteiger partial charge in [-0.05, 0) is 56.3 Å². The molecule has 0 radical (unpaired) electrons. The van der Waals surface area contributed by atoms with Gasteiger partial charge in [-0.25, -0.2) is 0 Å². The van der Waals surface area contributed by atoms with Gasteiger partial charge in [-0.3, -0.25) is 0 Å². The molecule has 4 aliphatic rings. The highest BCUT2D eigenvalue weighted by molar-refractivity contribution is 8.00. The molecule has 0 saturated heterocycles. The Kier molecular flexibility index (Phi) is 2.88. The summed E-state index contributed by atoms with van der Waals surface area (Å²) in [5.74, 6) is 3.81. The van der Waals surface area contributed by atoms with Crippen LogP contribution in [0.3, 0.4) is 0 Å². The van der Waals surface area contributed by atoms with E-state index < -0.39 is 0 Å². The monoisotopic (exact) mass is 255 g/mol. The van der Waals surface area contributed by atoms with Gasteiger partial charge in [0.15, 0.2) is 0 Å². The Morgan fingerprint density at radius 2 is 1.69 bits per heavy atom. The topological polar surface area (TPSA) is 23.8 Å². The van der Waals surface area contributed by atoms with Crippen molar-refractivity contribution in [2.75, 3.05) is 5.75 Å². The third-order valence-electron chi connectivity index (χ3n) is 4.66. The van der Waals surface area contributed by atoms with Crippen molar-refractivity contribution in [1.29, 1.82) is 5.26 Å². The van der Waals surface area contributed by atoms with Crippen molar-refractivity contribution in [3.05, 3.63) is 0 Å². The quantitative estimate of drug-likeness (QED) is 0.716. The van der Waals surface area contributed by atoms with Gasteiger partial charge in [-0.1, -0.05) is 0 Å². The minimum Gasteiger partial charge on any atom is -0.197 e. The molecule has 1 nitrogen and oxygen atoms in total. The van der Waals surface area contributed by atoms with Crippen LogP contribution in [-0.4, -0.2) is 15.9 Å². The SMILES string of the molecule is N#CC(Cl)CSC12CC3CC(CC(C3)C1)C2. The first kappa shape index (κ1) is 11.2. The average Bonchev–Trinajstić information content (AvgIpc) is 2.24. The fourth-order valence-corrected chi connectivity index (χ4v) is 6.32. The van der Waals surface area contributed by atoms with Crippen LogP contribution in [0.1, 0.15) is 38.5 Å². The van der Waals surface area contributed by atoms with Gasteiger partial charge in [0.2, 0.25) is 0 Å². The summed E-state index contributed by atoms with van der Waals surface area (Å²) in [5.41, 5.74) is 0. The zero-order valence-corrected chi connectivity index (χ0v) is 11.1. The van der Waals surface area contributed by atoms with E-state index in [1.54, 1.807) is 0 Å². The van der Waals surface area contributed by atoms with Gasteiger partial charge >= 0.3 is 0 Å². The van der Waals surface area contributed by atoms with Crippen molar-refractivity contribution < 1.29 is 0 Å². The standard InChI is InChI=1S/C13H18ClNS/c14-12(7-15)8-16-13-4-9-1-10(5-13)3-11(2-9)6-13/h9-12H,1-6,8H2. The van der Waals surface area contributed by atoms with Gasteiger partial charge < -0.3 is 0 Å². The maximum atomic E-state index is 8.75. The maximum Gasteiger partial charge on any atom is 0.129 e. The third kappa shape index (κ3) is 1.97. The van der Waals surface area contributed by atoms with E-state index in [-0.39, 0.29) is 5.38 Å². The number of thioether (sulfide) groups is 1. The fraction of sp³-hybridized carbons (Fsp3) is 0.923. The molecule has 88 valence electrons. The molecule has 4 fully saturated rings. The number of rotatable bonds is 3. The van der Waals surface area contributed by atoms with Crippen molar-refractivity contribution >= 4 is 23.4 Å². The fourth-order valence-electron chi connectivity index (χ4n) is 4.50. The summed E-state index contributed by atoms with van der Waals surface area (Å²) >= 11 is 7.94. The summed E-state index contributed by atoms with van der Waals surface area (Å²) in [5, 5.41) is 8.46. The summed E-state index contributed by atoms with van der Waals surface area (Å²) in [6.45, 7) is 0. The van der Waals surface area contributed by atoms with Crippen molar-refractivity contribution in [2.24, 2.45) is 17.8 Å². The van der Waals surface area contributed by atoms with E-state index in [1.165, 1.54) is 38.5 Å². The van der Waals surface area contributed by atoms with E-state index >= 15 is 0 Å². The summed E-state index contributed by atoms with van der Waals surface area (Å²) in [7, 11) is 0. The molecule has 3 heteroatoms. The average molecular weight is 256 g/mol. The van der Waals surface area contributed by atoms with Gasteiger partial charge in [-0.15, -0.1) is 11.6 Å². The number of nitrogens with zero attached hydrogens (tertiary/aromatic N) is 1. The molecule has 4 bridgehead atoms. The van der Waals surface area contributed by atoms with E-state index in [0.717, 1.165) is 23.5 Å². The summed E-state index contributed by atoms with van der Waals surface area (Å²) < 4.78 is 0.513.